The second kappa shape index (κ2) is 11.0. The first-order valence-electron chi connectivity index (χ1n) is 10.1. The number of thioether (sulfide) groups is 1. The second-order valence-corrected chi connectivity index (χ2v) is 10.5. The summed E-state index contributed by atoms with van der Waals surface area (Å²) in [5.74, 6) is -1.15. The number of amides is 3. The van der Waals surface area contributed by atoms with Gasteiger partial charge in [0.25, 0.3) is 17.1 Å². The highest BCUT2D eigenvalue weighted by atomic mass is 32.2. The van der Waals surface area contributed by atoms with Gasteiger partial charge >= 0.3 is 6.61 Å². The summed E-state index contributed by atoms with van der Waals surface area (Å²) in [4.78, 5) is 38.4. The van der Waals surface area contributed by atoms with E-state index >= 15 is 0 Å². The van der Waals surface area contributed by atoms with Crippen LogP contribution in [0, 0.1) is 0 Å². The second-order valence-electron chi connectivity index (χ2n) is 7.35. The van der Waals surface area contributed by atoms with E-state index in [0.717, 1.165) is 21.0 Å². The maximum atomic E-state index is 12.6. The average Bonchev–Trinajstić information content (AvgIpc) is 3.07. The molecule has 3 rings (SSSR count). The lowest BCUT2D eigenvalue weighted by molar-refractivity contribution is -0.122. The lowest BCUT2D eigenvalue weighted by atomic mass is 10.2. The van der Waals surface area contributed by atoms with Crippen LogP contribution in [0.25, 0.3) is 6.08 Å². The van der Waals surface area contributed by atoms with Crippen LogP contribution in [0.4, 0.5) is 13.6 Å². The Bertz CT molecular complexity index is 1260. The Morgan fingerprint density at radius 1 is 1.17 bits per heavy atom. The number of sulfonamides is 1. The summed E-state index contributed by atoms with van der Waals surface area (Å²) in [6.45, 7) is -3.09. The molecule has 0 saturated carbocycles. The predicted octanol–water partition coefficient (Wildman–Crippen LogP) is 3.00. The van der Waals surface area contributed by atoms with Crippen molar-refractivity contribution in [3.63, 3.8) is 0 Å². The maximum Gasteiger partial charge on any atom is 0.387 e. The van der Waals surface area contributed by atoms with Crippen LogP contribution in [0.5, 0.6) is 5.75 Å². The third-order valence-electron chi connectivity index (χ3n) is 4.77. The van der Waals surface area contributed by atoms with Gasteiger partial charge in [-0.1, -0.05) is 18.2 Å². The number of ether oxygens (including phenoxy) is 1. The standard InChI is InChI=1S/C22H21F2N3O6S2/c1-26(2)35(31,32)17-5-3-4-15(13-17)19(28)25-10-11-27-20(29)18(34-22(27)30)12-14-6-8-16(9-7-14)33-21(23)24/h3-9,12-13,21H,10-11H2,1-2H3,(H,25,28)/b18-12+. The van der Waals surface area contributed by atoms with Crippen LogP contribution in [0.3, 0.4) is 0 Å². The zero-order valence-corrected chi connectivity index (χ0v) is 20.2. The molecule has 0 bridgehead atoms. The molecule has 1 aliphatic rings. The maximum absolute atomic E-state index is 12.6. The van der Waals surface area contributed by atoms with Crippen LogP contribution in [0.15, 0.2) is 58.3 Å². The highest BCUT2D eigenvalue weighted by molar-refractivity contribution is 8.18. The quantitative estimate of drug-likeness (QED) is 0.501. The molecule has 13 heteroatoms. The molecule has 9 nitrogen and oxygen atoms in total. The molecule has 1 aliphatic heterocycles. The number of rotatable bonds is 9. The van der Waals surface area contributed by atoms with Gasteiger partial charge in [0, 0.05) is 32.7 Å². The number of nitrogens with zero attached hydrogens (tertiary/aromatic N) is 2. The molecule has 0 spiro atoms. The van der Waals surface area contributed by atoms with Crippen molar-refractivity contribution >= 4 is 44.9 Å². The molecule has 1 fully saturated rings. The van der Waals surface area contributed by atoms with E-state index in [9.17, 15) is 31.6 Å². The first-order valence-corrected chi connectivity index (χ1v) is 12.4. The van der Waals surface area contributed by atoms with Crippen molar-refractivity contribution in [1.82, 2.24) is 14.5 Å². The molecule has 0 aliphatic carbocycles. The number of benzene rings is 2. The molecule has 1 saturated heterocycles. The Balaban J connectivity index is 1.60. The molecule has 0 aromatic heterocycles. The molecule has 0 unspecified atom stereocenters. The van der Waals surface area contributed by atoms with Gasteiger partial charge in [-0.15, -0.1) is 0 Å². The Morgan fingerprint density at radius 2 is 1.86 bits per heavy atom. The first-order chi connectivity index (χ1) is 16.5. The largest absolute Gasteiger partial charge is 0.435 e. The molecular weight excluding hydrogens is 504 g/mol. The smallest absolute Gasteiger partial charge is 0.387 e. The van der Waals surface area contributed by atoms with Crippen LogP contribution in [-0.4, -0.2) is 68.5 Å². The number of carbonyl (C=O) groups is 3. The third kappa shape index (κ3) is 6.44. The number of alkyl halides is 2. The molecule has 2 aromatic rings. The van der Waals surface area contributed by atoms with E-state index < -0.39 is 33.7 Å². The number of hydrogen-bond acceptors (Lipinski definition) is 7. The van der Waals surface area contributed by atoms with Crippen molar-refractivity contribution in [3.8, 4) is 5.75 Å². The van der Waals surface area contributed by atoms with E-state index in [1.54, 1.807) is 0 Å². The van der Waals surface area contributed by atoms with Crippen molar-refractivity contribution < 1.29 is 36.3 Å². The highest BCUT2D eigenvalue weighted by Crippen LogP contribution is 2.32. The Hall–Kier alpha value is -3.29. The minimum absolute atomic E-state index is 0.0363. The van der Waals surface area contributed by atoms with Gasteiger partial charge in [0.2, 0.25) is 10.0 Å². The summed E-state index contributed by atoms with van der Waals surface area (Å²) in [5, 5.41) is 2.04. The average molecular weight is 526 g/mol. The summed E-state index contributed by atoms with van der Waals surface area (Å²) in [6.07, 6.45) is 1.45. The monoisotopic (exact) mass is 525 g/mol. The molecule has 35 heavy (non-hydrogen) atoms. The molecule has 0 atom stereocenters. The molecule has 1 heterocycles. The van der Waals surface area contributed by atoms with Gasteiger partial charge in [-0.25, -0.2) is 12.7 Å². The van der Waals surface area contributed by atoms with E-state index in [0.29, 0.717) is 5.56 Å². The van der Waals surface area contributed by atoms with E-state index in [1.165, 1.54) is 68.7 Å². The minimum atomic E-state index is -3.71. The van der Waals surface area contributed by atoms with Crippen molar-refractivity contribution in [2.24, 2.45) is 0 Å². The summed E-state index contributed by atoms with van der Waals surface area (Å²) in [6, 6.07) is 11.1. The summed E-state index contributed by atoms with van der Waals surface area (Å²) >= 11 is 0.717. The molecule has 1 N–H and O–H groups in total. The first kappa shape index (κ1) is 26.3. The van der Waals surface area contributed by atoms with Crippen LogP contribution in [-0.2, 0) is 14.8 Å². The molecule has 2 aromatic carbocycles. The molecule has 0 radical (unpaired) electrons. The zero-order chi connectivity index (χ0) is 25.8. The van der Waals surface area contributed by atoms with Gasteiger partial charge in [0.1, 0.15) is 5.75 Å². The van der Waals surface area contributed by atoms with E-state index in [1.807, 2.05) is 0 Å². The van der Waals surface area contributed by atoms with Crippen molar-refractivity contribution in [1.29, 1.82) is 0 Å². The zero-order valence-electron chi connectivity index (χ0n) is 18.6. The Morgan fingerprint density at radius 3 is 2.49 bits per heavy atom. The highest BCUT2D eigenvalue weighted by Gasteiger charge is 2.34. The van der Waals surface area contributed by atoms with Gasteiger partial charge in [0.15, 0.2) is 0 Å². The van der Waals surface area contributed by atoms with Crippen molar-refractivity contribution in [3.05, 3.63) is 64.6 Å². The minimum Gasteiger partial charge on any atom is -0.435 e. The van der Waals surface area contributed by atoms with Gasteiger partial charge in [0.05, 0.1) is 9.80 Å². The summed E-state index contributed by atoms with van der Waals surface area (Å²) < 4.78 is 54.3. The van der Waals surface area contributed by atoms with Crippen molar-refractivity contribution in [2.75, 3.05) is 27.2 Å². The normalized spacial score (nSPS) is 15.4. The van der Waals surface area contributed by atoms with Gasteiger partial charge < -0.3 is 10.1 Å². The van der Waals surface area contributed by atoms with E-state index in [4.69, 9.17) is 0 Å². The van der Waals surface area contributed by atoms with Crippen LogP contribution >= 0.6 is 11.8 Å². The Kier molecular flexibility index (Phi) is 8.25. The number of nitrogens with one attached hydrogen (secondary N) is 1. The van der Waals surface area contributed by atoms with Crippen LogP contribution in [0.1, 0.15) is 15.9 Å². The molecule has 186 valence electrons. The lowest BCUT2D eigenvalue weighted by Crippen LogP contribution is -2.37. The fraction of sp³-hybridized carbons (Fsp3) is 0.227. The fourth-order valence-corrected chi connectivity index (χ4v) is 4.79. The number of carbonyl (C=O) groups excluding carboxylic acids is 3. The van der Waals surface area contributed by atoms with Crippen LogP contribution < -0.4 is 10.1 Å². The molecular formula is C22H21F2N3O6S2. The Labute approximate surface area is 204 Å². The van der Waals surface area contributed by atoms with E-state index in [2.05, 4.69) is 10.1 Å². The summed E-state index contributed by atoms with van der Waals surface area (Å²) in [7, 11) is -0.957. The molecule has 3 amide bonds. The van der Waals surface area contributed by atoms with Crippen LogP contribution in [0.2, 0.25) is 0 Å². The number of imide groups is 1. The van der Waals surface area contributed by atoms with E-state index in [-0.39, 0.29) is 34.2 Å². The summed E-state index contributed by atoms with van der Waals surface area (Å²) in [5.41, 5.74) is 0.624. The third-order valence-corrected chi connectivity index (χ3v) is 7.49. The number of halogens is 2. The predicted molar refractivity (Wildman–Crippen MR) is 125 cm³/mol. The number of hydrogen-bond donors (Lipinski definition) is 1. The van der Waals surface area contributed by atoms with Crippen molar-refractivity contribution in [2.45, 2.75) is 11.5 Å². The van der Waals surface area contributed by atoms with Gasteiger partial charge in [-0.3, -0.25) is 19.3 Å². The fourth-order valence-electron chi connectivity index (χ4n) is 2.98. The SMILES string of the molecule is CN(C)S(=O)(=O)c1cccc(C(=O)NCCN2C(=O)S/C(=C/c3ccc(OC(F)F)cc3)C2=O)c1. The van der Waals surface area contributed by atoms with Gasteiger partial charge in [-0.2, -0.15) is 8.78 Å². The topological polar surface area (TPSA) is 113 Å². The van der Waals surface area contributed by atoms with Gasteiger partial charge in [-0.05, 0) is 53.7 Å². The lowest BCUT2D eigenvalue weighted by Gasteiger charge is -2.14.